The van der Waals surface area contributed by atoms with Gasteiger partial charge in [-0.2, -0.15) is 0 Å². The zero-order valence-electron chi connectivity index (χ0n) is 21.8. The average Bonchev–Trinajstić information content (AvgIpc) is 2.77. The number of unbranched alkanes of at least 4 members (excludes halogenated alkanes) is 8. The van der Waals surface area contributed by atoms with Crippen molar-refractivity contribution in [2.75, 3.05) is 32.1 Å². The van der Waals surface area contributed by atoms with E-state index >= 15 is 0 Å². The third-order valence-electron chi connectivity index (χ3n) is 6.28. The van der Waals surface area contributed by atoms with Crippen LogP contribution in [0.2, 0.25) is 0 Å². The third-order valence-corrected chi connectivity index (χ3v) is 7.40. The molecule has 0 saturated heterocycles. The summed E-state index contributed by atoms with van der Waals surface area (Å²) in [5, 5.41) is 0. The number of hydrogen-bond acceptors (Lipinski definition) is 3. The van der Waals surface area contributed by atoms with Gasteiger partial charge in [-0.15, -0.1) is 11.6 Å². The van der Waals surface area contributed by atoms with Crippen molar-refractivity contribution in [3.05, 3.63) is 29.8 Å². The second-order valence-corrected chi connectivity index (χ2v) is 11.1. The lowest BCUT2D eigenvalue weighted by molar-refractivity contribution is -0.929. The molecule has 0 aromatic heterocycles. The number of hydrogen-bond donors (Lipinski definition) is 0. The van der Waals surface area contributed by atoms with Gasteiger partial charge in [0.25, 0.3) is 0 Å². The summed E-state index contributed by atoms with van der Waals surface area (Å²) in [6, 6.07) is 5.78. The summed E-state index contributed by atoms with van der Waals surface area (Å²) in [6.45, 7) is 14.4. The van der Waals surface area contributed by atoms with Gasteiger partial charge in [0.15, 0.2) is 0 Å². The Kier molecular flexibility index (Phi) is 19.3. The second-order valence-electron chi connectivity index (χ2n) is 9.37. The molecule has 4 nitrogen and oxygen atoms in total. The highest BCUT2D eigenvalue weighted by molar-refractivity contribution is 7.85. The molecule has 194 valence electrons. The Morgan fingerprint density at radius 2 is 1.09 bits per heavy atom. The Morgan fingerprint density at radius 1 is 0.697 bits per heavy atom. The van der Waals surface area contributed by atoms with Gasteiger partial charge in [-0.3, -0.25) is 0 Å². The van der Waals surface area contributed by atoms with E-state index in [2.05, 4.69) is 20.8 Å². The van der Waals surface area contributed by atoms with E-state index in [-0.39, 0.29) is 4.90 Å². The zero-order chi connectivity index (χ0) is 25.0. The maximum absolute atomic E-state index is 10.4. The smallest absolute Gasteiger partial charge is 0.124 e. The Labute approximate surface area is 210 Å². The molecule has 0 aliphatic heterocycles. The molecule has 33 heavy (non-hydrogen) atoms. The monoisotopic (exact) mass is 503 g/mol. The molecule has 0 amide bonds. The molecule has 0 atom stereocenters. The Morgan fingerprint density at radius 3 is 1.48 bits per heavy atom. The van der Waals surface area contributed by atoms with Crippen LogP contribution in [0.4, 0.5) is 0 Å². The van der Waals surface area contributed by atoms with Crippen LogP contribution in [0.15, 0.2) is 29.2 Å². The van der Waals surface area contributed by atoms with E-state index in [1.165, 1.54) is 120 Å². The number of rotatable bonds is 18. The minimum Gasteiger partial charge on any atom is -0.744 e. The minimum atomic E-state index is -4.27. The molecular formula is C27H50ClNO3S. The van der Waals surface area contributed by atoms with Crippen LogP contribution in [-0.4, -0.2) is 49.5 Å². The first-order valence-corrected chi connectivity index (χ1v) is 15.1. The molecule has 0 N–H and O–H groups in total. The molecule has 0 aliphatic carbocycles. The summed E-state index contributed by atoms with van der Waals surface area (Å²) in [5.74, 6) is 0.833. The molecular weight excluding hydrogens is 454 g/mol. The quantitative estimate of drug-likeness (QED) is 0.0892. The SMILES string of the molecule is CCCCCC[N+](CCCCC)(CCCCC)CCCCCl.Cc1ccc(S(=O)(=O)[O-])cc1. The van der Waals surface area contributed by atoms with Crippen LogP contribution in [0.3, 0.4) is 0 Å². The van der Waals surface area contributed by atoms with Crippen LogP contribution in [-0.2, 0) is 10.1 Å². The van der Waals surface area contributed by atoms with Crippen LogP contribution in [0, 0.1) is 6.92 Å². The highest BCUT2D eigenvalue weighted by atomic mass is 35.5. The number of nitrogens with zero attached hydrogens (tertiary/aromatic N) is 1. The fourth-order valence-corrected chi connectivity index (χ4v) is 4.84. The highest BCUT2D eigenvalue weighted by Crippen LogP contribution is 2.18. The molecule has 0 fully saturated rings. The maximum atomic E-state index is 10.4. The minimum absolute atomic E-state index is 0.178. The molecule has 0 unspecified atom stereocenters. The van der Waals surface area contributed by atoms with Gasteiger partial charge in [-0.25, -0.2) is 8.42 Å². The molecule has 0 heterocycles. The van der Waals surface area contributed by atoms with E-state index in [1.807, 2.05) is 6.92 Å². The summed E-state index contributed by atoms with van der Waals surface area (Å²) < 4.78 is 32.6. The van der Waals surface area contributed by atoms with Crippen molar-refractivity contribution in [1.29, 1.82) is 0 Å². The van der Waals surface area contributed by atoms with Gasteiger partial charge in [0.2, 0.25) is 0 Å². The van der Waals surface area contributed by atoms with E-state index in [1.54, 1.807) is 12.1 Å². The van der Waals surface area contributed by atoms with Crippen molar-refractivity contribution in [1.82, 2.24) is 0 Å². The molecule has 0 saturated carbocycles. The fourth-order valence-electron chi connectivity index (χ4n) is 4.19. The van der Waals surface area contributed by atoms with Crippen LogP contribution in [0.25, 0.3) is 0 Å². The van der Waals surface area contributed by atoms with Gasteiger partial charge >= 0.3 is 0 Å². The lowest BCUT2D eigenvalue weighted by Gasteiger charge is -2.39. The lowest BCUT2D eigenvalue weighted by Crippen LogP contribution is -2.50. The number of quaternary nitrogens is 1. The average molecular weight is 504 g/mol. The van der Waals surface area contributed by atoms with E-state index in [0.717, 1.165) is 11.4 Å². The Bertz CT molecular complexity index is 651. The van der Waals surface area contributed by atoms with Gasteiger partial charge in [-0.05, 0) is 70.4 Å². The third kappa shape index (κ3) is 16.6. The fraction of sp³-hybridized carbons (Fsp3) is 0.778. The van der Waals surface area contributed by atoms with Crippen LogP contribution in [0.5, 0.6) is 0 Å². The summed E-state index contributed by atoms with van der Waals surface area (Å²) in [5.41, 5.74) is 0.928. The van der Waals surface area contributed by atoms with Crippen LogP contribution in [0.1, 0.15) is 103 Å². The Hall–Kier alpha value is -0.620. The van der Waals surface area contributed by atoms with Crippen molar-refractivity contribution >= 4 is 21.7 Å². The van der Waals surface area contributed by atoms with Crippen LogP contribution >= 0.6 is 11.6 Å². The summed E-state index contributed by atoms with van der Waals surface area (Å²) in [4.78, 5) is -0.178. The maximum Gasteiger partial charge on any atom is 0.124 e. The predicted octanol–water partition coefficient (Wildman–Crippen LogP) is 7.68. The summed E-state index contributed by atoms with van der Waals surface area (Å²) >= 11 is 5.92. The van der Waals surface area contributed by atoms with Gasteiger partial charge < -0.3 is 9.04 Å². The second kappa shape index (κ2) is 19.7. The molecule has 0 radical (unpaired) electrons. The van der Waals surface area contributed by atoms with Gasteiger partial charge in [0.1, 0.15) is 10.1 Å². The normalized spacial score (nSPS) is 11.8. The van der Waals surface area contributed by atoms with Gasteiger partial charge in [-0.1, -0.05) is 64.2 Å². The van der Waals surface area contributed by atoms with Crippen molar-refractivity contribution in [3.63, 3.8) is 0 Å². The largest absolute Gasteiger partial charge is 0.744 e. The summed E-state index contributed by atoms with van der Waals surface area (Å²) in [7, 11) is -4.27. The van der Waals surface area contributed by atoms with Crippen LogP contribution < -0.4 is 0 Å². The standard InChI is InChI=1S/C20H43ClN.C7H8O3S/c1-4-7-10-14-19-22(17-12-8-5-2,18-13-9-6-3)20-15-11-16-21;1-6-2-4-7(5-3-6)11(8,9)10/h4-20H2,1-3H3;2-5H,1H3,(H,8,9,10)/q+1;/p-1. The molecule has 0 spiro atoms. The van der Waals surface area contributed by atoms with Gasteiger partial charge in [0.05, 0.1) is 31.1 Å². The lowest BCUT2D eigenvalue weighted by atomic mass is 10.1. The summed E-state index contributed by atoms with van der Waals surface area (Å²) in [6.07, 6.45) is 16.4. The van der Waals surface area contributed by atoms with E-state index in [9.17, 15) is 13.0 Å². The molecule has 6 heteroatoms. The molecule has 0 bridgehead atoms. The van der Waals surface area contributed by atoms with Crippen molar-refractivity contribution in [2.24, 2.45) is 0 Å². The van der Waals surface area contributed by atoms with Crippen molar-refractivity contribution in [2.45, 2.75) is 110 Å². The first-order chi connectivity index (χ1) is 15.7. The first-order valence-electron chi connectivity index (χ1n) is 13.2. The zero-order valence-corrected chi connectivity index (χ0v) is 23.4. The Balaban J connectivity index is 0.000000771. The number of aryl methyl sites for hydroxylation is 1. The molecule has 1 aromatic rings. The topological polar surface area (TPSA) is 57.2 Å². The van der Waals surface area contributed by atoms with E-state index < -0.39 is 10.1 Å². The van der Waals surface area contributed by atoms with Crippen molar-refractivity contribution < 1.29 is 17.5 Å². The number of halogens is 1. The first kappa shape index (κ1) is 32.4. The highest BCUT2D eigenvalue weighted by Gasteiger charge is 2.25. The molecule has 1 rings (SSSR count). The molecule has 0 aliphatic rings. The predicted molar refractivity (Wildman–Crippen MR) is 142 cm³/mol. The molecule has 1 aromatic carbocycles. The van der Waals surface area contributed by atoms with E-state index in [0.29, 0.717) is 0 Å². The van der Waals surface area contributed by atoms with Crippen molar-refractivity contribution in [3.8, 4) is 0 Å². The number of benzene rings is 1. The van der Waals surface area contributed by atoms with Gasteiger partial charge in [0, 0.05) is 5.88 Å². The number of alkyl halides is 1. The van der Waals surface area contributed by atoms with E-state index in [4.69, 9.17) is 11.6 Å².